The molecule has 4 heterocycles. The van der Waals surface area contributed by atoms with Crippen molar-refractivity contribution < 1.29 is 4.42 Å². The Balaban J connectivity index is 1.61. The summed E-state index contributed by atoms with van der Waals surface area (Å²) in [4.78, 5) is 10.0. The van der Waals surface area contributed by atoms with Crippen molar-refractivity contribution in [3.8, 4) is 33.8 Å². The number of benzene rings is 3. The molecule has 0 bridgehead atoms. The number of fused-ring (bicyclic) bond motifs is 3. The SMILES string of the molecule is Cc1ccccc1-c1nc2c3c(-c4ccccc4)c(-c4ccccc4)n(Cc4ccco4)c3ncn2n1. The standard InChI is InChI=1S/C31H23N5O/c1-21-11-8-9-17-25(21)29-33-31-27-26(22-12-4-2-5-13-22)28(23-14-6-3-7-15-23)35(19-24-16-10-18-37-24)30(27)32-20-36(31)34-29/h2-18,20H,19H2,1H3. The Labute approximate surface area is 213 Å². The van der Waals surface area contributed by atoms with Crippen LogP contribution in [-0.4, -0.2) is 24.1 Å². The Morgan fingerprint density at radius 3 is 2.22 bits per heavy atom. The summed E-state index contributed by atoms with van der Waals surface area (Å²) in [5.41, 5.74) is 8.10. The van der Waals surface area contributed by atoms with E-state index in [0.29, 0.717) is 12.4 Å². The molecular weight excluding hydrogens is 458 g/mol. The normalized spacial score (nSPS) is 11.5. The van der Waals surface area contributed by atoms with E-state index in [2.05, 4.69) is 72.2 Å². The first kappa shape index (κ1) is 21.3. The fourth-order valence-electron chi connectivity index (χ4n) is 5.07. The van der Waals surface area contributed by atoms with Gasteiger partial charge < -0.3 is 8.98 Å². The highest BCUT2D eigenvalue weighted by atomic mass is 16.3. The average Bonchev–Trinajstić information content (AvgIpc) is 3.68. The molecule has 7 rings (SSSR count). The number of furan rings is 1. The van der Waals surface area contributed by atoms with Gasteiger partial charge in [-0.15, -0.1) is 5.10 Å². The van der Waals surface area contributed by atoms with Crippen LogP contribution in [0.15, 0.2) is 114 Å². The van der Waals surface area contributed by atoms with Crippen LogP contribution in [0, 0.1) is 6.92 Å². The summed E-state index contributed by atoms with van der Waals surface area (Å²) in [5.74, 6) is 1.55. The van der Waals surface area contributed by atoms with Gasteiger partial charge in [0.1, 0.15) is 17.7 Å². The fraction of sp³-hybridized carbons (Fsp3) is 0.0645. The Morgan fingerprint density at radius 1 is 0.757 bits per heavy atom. The molecule has 37 heavy (non-hydrogen) atoms. The molecule has 4 aromatic heterocycles. The minimum Gasteiger partial charge on any atom is -0.467 e. The lowest BCUT2D eigenvalue weighted by molar-refractivity contribution is 0.497. The van der Waals surface area contributed by atoms with Crippen molar-refractivity contribution >= 4 is 16.7 Å². The molecule has 0 radical (unpaired) electrons. The average molecular weight is 482 g/mol. The predicted molar refractivity (Wildman–Crippen MR) is 145 cm³/mol. The van der Waals surface area contributed by atoms with Crippen LogP contribution in [0.25, 0.3) is 50.5 Å². The van der Waals surface area contributed by atoms with Crippen LogP contribution in [0.2, 0.25) is 0 Å². The van der Waals surface area contributed by atoms with E-state index in [1.54, 1.807) is 17.1 Å². The number of hydrogen-bond donors (Lipinski definition) is 0. The van der Waals surface area contributed by atoms with Crippen molar-refractivity contribution in [1.82, 2.24) is 24.1 Å². The second-order valence-corrected chi connectivity index (χ2v) is 9.08. The molecule has 0 N–H and O–H groups in total. The molecule has 0 spiro atoms. The fourth-order valence-corrected chi connectivity index (χ4v) is 5.07. The number of aryl methyl sites for hydroxylation is 1. The summed E-state index contributed by atoms with van der Waals surface area (Å²) >= 11 is 0. The molecule has 3 aromatic carbocycles. The predicted octanol–water partition coefficient (Wildman–Crippen LogP) is 7.03. The summed E-state index contributed by atoms with van der Waals surface area (Å²) in [6, 6.07) is 33.0. The van der Waals surface area contributed by atoms with E-state index in [-0.39, 0.29) is 0 Å². The van der Waals surface area contributed by atoms with Gasteiger partial charge >= 0.3 is 0 Å². The molecule has 0 unspecified atom stereocenters. The second kappa shape index (κ2) is 8.60. The number of aromatic nitrogens is 5. The summed E-state index contributed by atoms with van der Waals surface area (Å²) < 4.78 is 9.80. The number of hydrogen-bond acceptors (Lipinski definition) is 4. The van der Waals surface area contributed by atoms with E-state index in [1.807, 2.05) is 36.4 Å². The van der Waals surface area contributed by atoms with E-state index in [9.17, 15) is 0 Å². The molecule has 0 atom stereocenters. The summed E-state index contributed by atoms with van der Waals surface area (Å²) in [7, 11) is 0. The van der Waals surface area contributed by atoms with Gasteiger partial charge in [-0.1, -0.05) is 84.9 Å². The summed E-state index contributed by atoms with van der Waals surface area (Å²) in [5, 5.41) is 5.80. The van der Waals surface area contributed by atoms with Gasteiger partial charge in [0, 0.05) is 11.1 Å². The molecule has 7 aromatic rings. The molecular formula is C31H23N5O. The maximum absolute atomic E-state index is 5.77. The molecule has 0 amide bonds. The Morgan fingerprint density at radius 2 is 1.49 bits per heavy atom. The highest BCUT2D eigenvalue weighted by molar-refractivity contribution is 6.09. The third-order valence-electron chi connectivity index (χ3n) is 6.77. The molecule has 6 heteroatoms. The topological polar surface area (TPSA) is 61.2 Å². The van der Waals surface area contributed by atoms with E-state index in [4.69, 9.17) is 19.5 Å². The monoisotopic (exact) mass is 481 g/mol. The van der Waals surface area contributed by atoms with Gasteiger partial charge in [-0.2, -0.15) is 0 Å². The van der Waals surface area contributed by atoms with Crippen LogP contribution >= 0.6 is 0 Å². The van der Waals surface area contributed by atoms with Gasteiger partial charge in [0.15, 0.2) is 11.5 Å². The Hall–Kier alpha value is -4.97. The van der Waals surface area contributed by atoms with Crippen molar-refractivity contribution in [1.29, 1.82) is 0 Å². The van der Waals surface area contributed by atoms with Gasteiger partial charge in [-0.05, 0) is 35.7 Å². The van der Waals surface area contributed by atoms with Crippen molar-refractivity contribution in [2.75, 3.05) is 0 Å². The van der Waals surface area contributed by atoms with E-state index >= 15 is 0 Å². The molecule has 0 aliphatic rings. The number of nitrogens with zero attached hydrogens (tertiary/aromatic N) is 5. The largest absolute Gasteiger partial charge is 0.467 e. The first-order chi connectivity index (χ1) is 18.3. The van der Waals surface area contributed by atoms with Crippen LogP contribution in [0.1, 0.15) is 11.3 Å². The quantitative estimate of drug-likeness (QED) is 0.265. The molecule has 0 saturated heterocycles. The van der Waals surface area contributed by atoms with E-state index in [1.165, 1.54) is 0 Å². The van der Waals surface area contributed by atoms with Crippen molar-refractivity contribution in [2.24, 2.45) is 0 Å². The van der Waals surface area contributed by atoms with Gasteiger partial charge in [-0.3, -0.25) is 0 Å². The Kier molecular flexibility index (Phi) is 4.96. The third kappa shape index (κ3) is 3.53. The lowest BCUT2D eigenvalue weighted by Crippen LogP contribution is -2.03. The van der Waals surface area contributed by atoms with Crippen LogP contribution in [-0.2, 0) is 6.54 Å². The van der Waals surface area contributed by atoms with Gasteiger partial charge in [0.05, 0.1) is 23.9 Å². The van der Waals surface area contributed by atoms with Gasteiger partial charge in [-0.25, -0.2) is 14.5 Å². The van der Waals surface area contributed by atoms with Crippen molar-refractivity contribution in [2.45, 2.75) is 13.5 Å². The zero-order chi connectivity index (χ0) is 24.8. The van der Waals surface area contributed by atoms with Gasteiger partial charge in [0.25, 0.3) is 0 Å². The lowest BCUT2D eigenvalue weighted by atomic mass is 9.99. The first-order valence-electron chi connectivity index (χ1n) is 12.2. The smallest absolute Gasteiger partial charge is 0.182 e. The van der Waals surface area contributed by atoms with E-state index in [0.717, 1.165) is 56.0 Å². The second-order valence-electron chi connectivity index (χ2n) is 9.08. The molecule has 0 aliphatic heterocycles. The minimum absolute atomic E-state index is 0.544. The third-order valence-corrected chi connectivity index (χ3v) is 6.77. The van der Waals surface area contributed by atoms with Crippen LogP contribution in [0.3, 0.4) is 0 Å². The highest BCUT2D eigenvalue weighted by Crippen LogP contribution is 2.42. The molecule has 6 nitrogen and oxygen atoms in total. The summed E-state index contributed by atoms with van der Waals surface area (Å²) in [6.45, 7) is 2.63. The molecule has 178 valence electrons. The summed E-state index contributed by atoms with van der Waals surface area (Å²) in [6.07, 6.45) is 3.47. The highest BCUT2D eigenvalue weighted by Gasteiger charge is 2.25. The first-order valence-corrected chi connectivity index (χ1v) is 12.2. The van der Waals surface area contributed by atoms with Crippen molar-refractivity contribution in [3.05, 3.63) is 121 Å². The molecule has 0 aliphatic carbocycles. The van der Waals surface area contributed by atoms with Crippen molar-refractivity contribution in [3.63, 3.8) is 0 Å². The van der Waals surface area contributed by atoms with E-state index < -0.39 is 0 Å². The maximum Gasteiger partial charge on any atom is 0.182 e. The van der Waals surface area contributed by atoms with Gasteiger partial charge in [0.2, 0.25) is 0 Å². The zero-order valence-electron chi connectivity index (χ0n) is 20.2. The molecule has 0 fully saturated rings. The minimum atomic E-state index is 0.544. The number of rotatable bonds is 5. The zero-order valence-corrected chi connectivity index (χ0v) is 20.2. The Bertz CT molecular complexity index is 1850. The maximum atomic E-state index is 5.77. The van der Waals surface area contributed by atoms with Crippen LogP contribution in [0.5, 0.6) is 0 Å². The van der Waals surface area contributed by atoms with Crippen LogP contribution in [0.4, 0.5) is 0 Å². The lowest BCUT2D eigenvalue weighted by Gasteiger charge is -2.11. The molecule has 0 saturated carbocycles. The van der Waals surface area contributed by atoms with Crippen LogP contribution < -0.4 is 0 Å².